The average molecular weight is 298 g/mol. The molecule has 1 aromatic carbocycles. The van der Waals surface area contributed by atoms with Gasteiger partial charge in [0.25, 0.3) is 0 Å². The second-order valence-electron chi connectivity index (χ2n) is 5.23. The third kappa shape index (κ3) is 2.62. The Bertz CT molecular complexity index is 679. The Labute approximate surface area is 129 Å². The number of ether oxygens (including phenoxy) is 1. The lowest BCUT2D eigenvalue weighted by Gasteiger charge is -2.20. The Morgan fingerprint density at radius 3 is 2.68 bits per heavy atom. The molecule has 2 heterocycles. The molecule has 2 aromatic rings. The monoisotopic (exact) mass is 298 g/mol. The summed E-state index contributed by atoms with van der Waals surface area (Å²) in [6.07, 6.45) is 3.66. The minimum absolute atomic E-state index is 0.0438. The van der Waals surface area contributed by atoms with Gasteiger partial charge in [0.1, 0.15) is 5.75 Å². The number of carbonyl (C=O) groups is 2. The van der Waals surface area contributed by atoms with E-state index in [0.717, 1.165) is 5.69 Å². The Kier molecular flexibility index (Phi) is 3.96. The van der Waals surface area contributed by atoms with Crippen LogP contribution in [0.5, 0.6) is 5.75 Å². The van der Waals surface area contributed by atoms with Crippen LogP contribution in [-0.4, -0.2) is 29.5 Å². The molecule has 1 aliphatic rings. The maximum Gasteiger partial charge on any atom is 0.235 e. The van der Waals surface area contributed by atoms with Gasteiger partial charge in [0.05, 0.1) is 18.2 Å². The third-order valence-electron chi connectivity index (χ3n) is 3.79. The van der Waals surface area contributed by atoms with Crippen molar-refractivity contribution in [1.82, 2.24) is 4.57 Å². The summed E-state index contributed by atoms with van der Waals surface area (Å²) in [7, 11) is 0. The minimum atomic E-state index is -0.324. The van der Waals surface area contributed by atoms with Gasteiger partial charge >= 0.3 is 0 Å². The first-order chi connectivity index (χ1) is 10.7. The first-order valence-electron chi connectivity index (χ1n) is 7.40. The fraction of sp³-hybridized carbons (Fsp3) is 0.294. The van der Waals surface area contributed by atoms with Gasteiger partial charge in [-0.05, 0) is 31.2 Å². The van der Waals surface area contributed by atoms with Crippen molar-refractivity contribution < 1.29 is 14.3 Å². The molecule has 0 N–H and O–H groups in total. The molecule has 22 heavy (non-hydrogen) atoms. The van der Waals surface area contributed by atoms with E-state index in [1.54, 1.807) is 29.4 Å². The molecule has 0 aliphatic carbocycles. The predicted octanol–water partition coefficient (Wildman–Crippen LogP) is 2.58. The molecule has 0 spiro atoms. The number of rotatable bonds is 4. The van der Waals surface area contributed by atoms with Gasteiger partial charge in [-0.2, -0.15) is 0 Å². The molecule has 5 heteroatoms. The van der Waals surface area contributed by atoms with Crippen molar-refractivity contribution in [3.63, 3.8) is 0 Å². The van der Waals surface area contributed by atoms with E-state index in [0.29, 0.717) is 18.9 Å². The van der Waals surface area contributed by atoms with Crippen molar-refractivity contribution in [3.05, 3.63) is 48.8 Å². The van der Waals surface area contributed by atoms with Gasteiger partial charge < -0.3 is 9.64 Å². The topological polar surface area (TPSA) is 51.5 Å². The van der Waals surface area contributed by atoms with E-state index in [1.165, 1.54) is 4.57 Å². The molecule has 3 rings (SSSR count). The number of hydrogen-bond acceptors (Lipinski definition) is 3. The summed E-state index contributed by atoms with van der Waals surface area (Å²) in [4.78, 5) is 26.4. The van der Waals surface area contributed by atoms with Crippen LogP contribution in [-0.2, 0) is 4.79 Å². The van der Waals surface area contributed by atoms with E-state index in [1.807, 2.05) is 31.2 Å². The van der Waals surface area contributed by atoms with E-state index < -0.39 is 0 Å². The smallest absolute Gasteiger partial charge is 0.235 e. The van der Waals surface area contributed by atoms with Crippen LogP contribution < -0.4 is 9.64 Å². The third-order valence-corrected chi connectivity index (χ3v) is 3.79. The second-order valence-corrected chi connectivity index (χ2v) is 5.23. The zero-order valence-corrected chi connectivity index (χ0v) is 12.4. The van der Waals surface area contributed by atoms with Gasteiger partial charge in [0, 0.05) is 25.4 Å². The molecule has 1 aromatic heterocycles. The van der Waals surface area contributed by atoms with Crippen LogP contribution in [0.4, 0.5) is 5.69 Å². The predicted molar refractivity (Wildman–Crippen MR) is 83.1 cm³/mol. The molecular weight excluding hydrogens is 280 g/mol. The lowest BCUT2D eigenvalue weighted by atomic mass is 10.1. The van der Waals surface area contributed by atoms with E-state index in [2.05, 4.69) is 0 Å². The molecular formula is C17H18N2O3. The largest absolute Gasteiger partial charge is 0.492 e. The van der Waals surface area contributed by atoms with Crippen molar-refractivity contribution in [1.29, 1.82) is 0 Å². The van der Waals surface area contributed by atoms with E-state index >= 15 is 0 Å². The molecule has 0 saturated carbocycles. The lowest BCUT2D eigenvalue weighted by molar-refractivity contribution is -0.117. The highest BCUT2D eigenvalue weighted by Crippen LogP contribution is 2.33. The van der Waals surface area contributed by atoms with Crippen LogP contribution in [0, 0.1) is 5.92 Å². The fourth-order valence-corrected chi connectivity index (χ4v) is 2.76. The number of para-hydroxylation sites is 2. The highest BCUT2D eigenvalue weighted by molar-refractivity contribution is 6.01. The summed E-state index contributed by atoms with van der Waals surface area (Å²) in [5.74, 6) is 0.259. The average Bonchev–Trinajstić information content (AvgIpc) is 3.17. The van der Waals surface area contributed by atoms with E-state index in [-0.39, 0.29) is 24.2 Å². The number of hydrogen-bond donors (Lipinski definition) is 0. The molecule has 1 fully saturated rings. The van der Waals surface area contributed by atoms with E-state index in [9.17, 15) is 9.59 Å². The van der Waals surface area contributed by atoms with Gasteiger partial charge in [-0.25, -0.2) is 0 Å². The number of nitrogens with zero attached hydrogens (tertiary/aromatic N) is 2. The summed E-state index contributed by atoms with van der Waals surface area (Å²) < 4.78 is 7.12. The van der Waals surface area contributed by atoms with E-state index in [4.69, 9.17) is 4.74 Å². The summed E-state index contributed by atoms with van der Waals surface area (Å²) in [6, 6.07) is 11.0. The maximum absolute atomic E-state index is 12.4. The van der Waals surface area contributed by atoms with Crippen LogP contribution in [0.15, 0.2) is 48.8 Å². The van der Waals surface area contributed by atoms with Crippen LogP contribution in [0.2, 0.25) is 0 Å². The number of benzene rings is 1. The first kappa shape index (κ1) is 14.4. The Hall–Kier alpha value is -2.56. The quantitative estimate of drug-likeness (QED) is 0.871. The van der Waals surface area contributed by atoms with Gasteiger partial charge in [-0.15, -0.1) is 0 Å². The van der Waals surface area contributed by atoms with Gasteiger partial charge in [-0.1, -0.05) is 12.1 Å². The SMILES string of the molecule is CCOc1ccccc1N1CC(C(=O)n2cccc2)CC1=O. The van der Waals surface area contributed by atoms with Crippen molar-refractivity contribution in [2.45, 2.75) is 13.3 Å². The molecule has 0 radical (unpaired) electrons. The summed E-state index contributed by atoms with van der Waals surface area (Å²) in [5, 5.41) is 0. The number of amides is 1. The Morgan fingerprint density at radius 2 is 1.95 bits per heavy atom. The second kappa shape index (κ2) is 6.05. The minimum Gasteiger partial charge on any atom is -0.492 e. The normalized spacial score (nSPS) is 17.8. The zero-order valence-electron chi connectivity index (χ0n) is 12.4. The highest BCUT2D eigenvalue weighted by Gasteiger charge is 2.36. The molecule has 1 amide bonds. The summed E-state index contributed by atoms with van der Waals surface area (Å²) >= 11 is 0. The van der Waals surface area contributed by atoms with Crippen molar-refractivity contribution in [3.8, 4) is 5.75 Å². The van der Waals surface area contributed by atoms with Gasteiger partial charge in [0.15, 0.2) is 0 Å². The summed E-state index contributed by atoms with van der Waals surface area (Å²) in [5.41, 5.74) is 0.733. The molecule has 1 unspecified atom stereocenters. The van der Waals surface area contributed by atoms with Crippen LogP contribution in [0.3, 0.4) is 0 Å². The van der Waals surface area contributed by atoms with Gasteiger partial charge in [-0.3, -0.25) is 14.2 Å². The van der Waals surface area contributed by atoms with Gasteiger partial charge in [0.2, 0.25) is 11.8 Å². The van der Waals surface area contributed by atoms with Crippen molar-refractivity contribution >= 4 is 17.5 Å². The summed E-state index contributed by atoms with van der Waals surface area (Å²) in [6.45, 7) is 2.83. The maximum atomic E-state index is 12.4. The van der Waals surface area contributed by atoms with Crippen molar-refractivity contribution in [2.24, 2.45) is 5.92 Å². The Balaban J connectivity index is 1.82. The standard InChI is InChI=1S/C17H18N2O3/c1-2-22-15-8-4-3-7-14(15)19-12-13(11-16(19)20)17(21)18-9-5-6-10-18/h3-10,13H,2,11-12H2,1H3. The van der Waals surface area contributed by atoms with Crippen molar-refractivity contribution in [2.75, 3.05) is 18.1 Å². The number of anilines is 1. The molecule has 114 valence electrons. The Morgan fingerprint density at radius 1 is 1.23 bits per heavy atom. The molecule has 1 aliphatic heterocycles. The van der Waals surface area contributed by atoms with Crippen LogP contribution in [0.1, 0.15) is 18.1 Å². The first-order valence-corrected chi connectivity index (χ1v) is 7.40. The fourth-order valence-electron chi connectivity index (χ4n) is 2.76. The lowest BCUT2D eigenvalue weighted by Crippen LogP contribution is -2.27. The number of carbonyl (C=O) groups excluding carboxylic acids is 2. The number of aromatic nitrogens is 1. The van der Waals surface area contributed by atoms with Crippen LogP contribution >= 0.6 is 0 Å². The molecule has 0 bridgehead atoms. The molecule has 5 nitrogen and oxygen atoms in total. The molecule has 1 saturated heterocycles. The highest BCUT2D eigenvalue weighted by atomic mass is 16.5. The van der Waals surface area contributed by atoms with Crippen LogP contribution in [0.25, 0.3) is 0 Å². The molecule has 1 atom stereocenters. The zero-order chi connectivity index (χ0) is 15.5.